The second-order valence-corrected chi connectivity index (χ2v) is 5.71. The third-order valence-electron chi connectivity index (χ3n) is 3.00. The SMILES string of the molecule is NCC1(Cc2ccc(F)cc2)CCCS1. The molecule has 2 rings (SSSR count). The summed E-state index contributed by atoms with van der Waals surface area (Å²) in [6, 6.07) is 6.79. The maximum Gasteiger partial charge on any atom is 0.123 e. The molecule has 0 spiro atoms. The molecule has 0 radical (unpaired) electrons. The summed E-state index contributed by atoms with van der Waals surface area (Å²) in [4.78, 5) is 0. The average Bonchev–Trinajstić information content (AvgIpc) is 2.71. The molecule has 1 atom stereocenters. The Morgan fingerprint density at radius 2 is 2.07 bits per heavy atom. The lowest BCUT2D eigenvalue weighted by Gasteiger charge is -2.26. The molecular formula is C12H16FNS. The molecule has 1 unspecified atom stereocenters. The molecular weight excluding hydrogens is 209 g/mol. The second-order valence-electron chi connectivity index (χ2n) is 4.14. The maximum absolute atomic E-state index is 12.7. The van der Waals surface area contributed by atoms with E-state index >= 15 is 0 Å². The van der Waals surface area contributed by atoms with Gasteiger partial charge in [0, 0.05) is 11.3 Å². The highest BCUT2D eigenvalue weighted by Crippen LogP contribution is 2.39. The van der Waals surface area contributed by atoms with Crippen LogP contribution in [0.3, 0.4) is 0 Å². The number of hydrogen-bond acceptors (Lipinski definition) is 2. The van der Waals surface area contributed by atoms with E-state index in [9.17, 15) is 4.39 Å². The fraction of sp³-hybridized carbons (Fsp3) is 0.500. The van der Waals surface area contributed by atoms with Gasteiger partial charge in [0.25, 0.3) is 0 Å². The summed E-state index contributed by atoms with van der Waals surface area (Å²) in [7, 11) is 0. The highest BCUT2D eigenvalue weighted by molar-refractivity contribution is 8.00. The number of hydrogen-bond donors (Lipinski definition) is 1. The summed E-state index contributed by atoms with van der Waals surface area (Å²) >= 11 is 1.97. The van der Waals surface area contributed by atoms with E-state index in [0.717, 1.165) is 13.0 Å². The van der Waals surface area contributed by atoms with Crippen molar-refractivity contribution >= 4 is 11.8 Å². The zero-order valence-corrected chi connectivity index (χ0v) is 9.52. The minimum atomic E-state index is -0.167. The van der Waals surface area contributed by atoms with Crippen molar-refractivity contribution in [2.45, 2.75) is 24.0 Å². The van der Waals surface area contributed by atoms with Crippen LogP contribution >= 0.6 is 11.8 Å². The standard InChI is InChI=1S/C12H16FNS/c13-11-4-2-10(3-5-11)8-12(9-14)6-1-7-15-12/h2-5H,1,6-9,14H2. The van der Waals surface area contributed by atoms with Crippen LogP contribution in [0.5, 0.6) is 0 Å². The van der Waals surface area contributed by atoms with Crippen LogP contribution in [0.4, 0.5) is 4.39 Å². The quantitative estimate of drug-likeness (QED) is 0.855. The summed E-state index contributed by atoms with van der Waals surface area (Å²) in [5.41, 5.74) is 7.04. The molecule has 0 bridgehead atoms. The predicted octanol–water partition coefficient (Wildman–Crippen LogP) is 2.59. The van der Waals surface area contributed by atoms with Gasteiger partial charge in [-0.2, -0.15) is 11.8 Å². The van der Waals surface area contributed by atoms with Crippen molar-refractivity contribution in [3.05, 3.63) is 35.6 Å². The number of nitrogens with two attached hydrogens (primary N) is 1. The van der Waals surface area contributed by atoms with Gasteiger partial charge in [-0.25, -0.2) is 4.39 Å². The van der Waals surface area contributed by atoms with Crippen LogP contribution in [0.2, 0.25) is 0 Å². The first-order valence-electron chi connectivity index (χ1n) is 5.33. The Bertz CT molecular complexity index is 317. The molecule has 1 aliphatic rings. The minimum absolute atomic E-state index is 0.167. The molecule has 1 heterocycles. The third kappa shape index (κ3) is 2.52. The minimum Gasteiger partial charge on any atom is -0.329 e. The Morgan fingerprint density at radius 3 is 2.60 bits per heavy atom. The summed E-state index contributed by atoms with van der Waals surface area (Å²) in [5, 5.41) is 0. The van der Waals surface area contributed by atoms with E-state index in [4.69, 9.17) is 5.73 Å². The Kier molecular flexibility index (Phi) is 3.32. The molecule has 2 N–H and O–H groups in total. The van der Waals surface area contributed by atoms with Crippen LogP contribution < -0.4 is 5.73 Å². The molecule has 1 saturated heterocycles. The van der Waals surface area contributed by atoms with Crippen molar-refractivity contribution in [3.8, 4) is 0 Å². The van der Waals surface area contributed by atoms with Gasteiger partial charge in [-0.15, -0.1) is 0 Å². The molecule has 1 fully saturated rings. The van der Waals surface area contributed by atoms with Gasteiger partial charge in [-0.05, 0) is 42.7 Å². The first-order chi connectivity index (χ1) is 7.24. The molecule has 0 aromatic heterocycles. The number of halogens is 1. The summed E-state index contributed by atoms with van der Waals surface area (Å²) in [6.45, 7) is 0.717. The van der Waals surface area contributed by atoms with Gasteiger partial charge >= 0.3 is 0 Å². The van der Waals surface area contributed by atoms with E-state index < -0.39 is 0 Å². The largest absolute Gasteiger partial charge is 0.329 e. The molecule has 15 heavy (non-hydrogen) atoms. The first-order valence-corrected chi connectivity index (χ1v) is 6.31. The molecule has 0 amide bonds. The number of thioether (sulfide) groups is 1. The van der Waals surface area contributed by atoms with Crippen LogP contribution in [-0.2, 0) is 6.42 Å². The molecule has 82 valence electrons. The Labute approximate surface area is 94.2 Å². The van der Waals surface area contributed by atoms with Crippen molar-refractivity contribution in [2.24, 2.45) is 5.73 Å². The van der Waals surface area contributed by atoms with Gasteiger partial charge in [-0.3, -0.25) is 0 Å². The van der Waals surface area contributed by atoms with Gasteiger partial charge in [0.15, 0.2) is 0 Å². The molecule has 1 nitrogen and oxygen atoms in total. The van der Waals surface area contributed by atoms with Gasteiger partial charge in [0.2, 0.25) is 0 Å². The zero-order valence-electron chi connectivity index (χ0n) is 8.71. The third-order valence-corrected chi connectivity index (χ3v) is 4.62. The van der Waals surface area contributed by atoms with Gasteiger partial charge in [0.1, 0.15) is 5.82 Å². The van der Waals surface area contributed by atoms with Gasteiger partial charge in [-0.1, -0.05) is 12.1 Å². The molecule has 1 aromatic carbocycles. The molecule has 1 aromatic rings. The lowest BCUT2D eigenvalue weighted by molar-refractivity contribution is 0.563. The van der Waals surface area contributed by atoms with Crippen molar-refractivity contribution < 1.29 is 4.39 Å². The van der Waals surface area contributed by atoms with Gasteiger partial charge in [0.05, 0.1) is 0 Å². The topological polar surface area (TPSA) is 26.0 Å². The Balaban J connectivity index is 2.09. The van der Waals surface area contributed by atoms with Crippen molar-refractivity contribution in [1.82, 2.24) is 0 Å². The lowest BCUT2D eigenvalue weighted by Crippen LogP contribution is -2.34. The van der Waals surface area contributed by atoms with Crippen molar-refractivity contribution in [3.63, 3.8) is 0 Å². The van der Waals surface area contributed by atoms with Crippen LogP contribution in [0.25, 0.3) is 0 Å². The van der Waals surface area contributed by atoms with E-state index in [1.54, 1.807) is 0 Å². The average molecular weight is 225 g/mol. The van der Waals surface area contributed by atoms with E-state index in [2.05, 4.69) is 0 Å². The maximum atomic E-state index is 12.7. The summed E-state index contributed by atoms with van der Waals surface area (Å²) in [5.74, 6) is 1.04. The Morgan fingerprint density at radius 1 is 1.33 bits per heavy atom. The monoisotopic (exact) mass is 225 g/mol. The zero-order chi connectivity index (χ0) is 10.7. The van der Waals surface area contributed by atoms with Gasteiger partial charge < -0.3 is 5.73 Å². The van der Waals surface area contributed by atoms with E-state index in [-0.39, 0.29) is 10.6 Å². The fourth-order valence-electron chi connectivity index (χ4n) is 2.10. The van der Waals surface area contributed by atoms with E-state index in [1.165, 1.54) is 36.3 Å². The lowest BCUT2D eigenvalue weighted by atomic mass is 9.94. The predicted molar refractivity (Wildman–Crippen MR) is 63.6 cm³/mol. The first kappa shape index (κ1) is 11.0. The van der Waals surface area contributed by atoms with E-state index in [0.29, 0.717) is 0 Å². The molecule has 1 aliphatic heterocycles. The van der Waals surface area contributed by atoms with Crippen LogP contribution in [-0.4, -0.2) is 17.0 Å². The molecule has 3 heteroatoms. The fourth-order valence-corrected chi connectivity index (χ4v) is 3.50. The highest BCUT2D eigenvalue weighted by Gasteiger charge is 2.33. The smallest absolute Gasteiger partial charge is 0.123 e. The van der Waals surface area contributed by atoms with Crippen LogP contribution in [0.15, 0.2) is 24.3 Å². The van der Waals surface area contributed by atoms with Crippen molar-refractivity contribution in [1.29, 1.82) is 0 Å². The second kappa shape index (κ2) is 4.54. The summed E-state index contributed by atoms with van der Waals surface area (Å²) < 4.78 is 13.0. The van der Waals surface area contributed by atoms with Crippen LogP contribution in [0, 0.1) is 5.82 Å². The summed E-state index contributed by atoms with van der Waals surface area (Å²) in [6.07, 6.45) is 3.41. The number of rotatable bonds is 3. The highest BCUT2D eigenvalue weighted by atomic mass is 32.2. The Hall–Kier alpha value is -0.540. The normalized spacial score (nSPS) is 25.7. The molecule has 0 saturated carbocycles. The van der Waals surface area contributed by atoms with E-state index in [1.807, 2.05) is 23.9 Å². The van der Waals surface area contributed by atoms with Crippen LogP contribution in [0.1, 0.15) is 18.4 Å². The van der Waals surface area contributed by atoms with Crippen molar-refractivity contribution in [2.75, 3.05) is 12.3 Å². The number of benzene rings is 1. The molecule has 0 aliphatic carbocycles.